The Kier molecular flexibility index (Phi) is 3.02. The van der Waals surface area contributed by atoms with Crippen LogP contribution in [0.2, 0.25) is 0 Å². The number of rotatable bonds is 1. The van der Waals surface area contributed by atoms with E-state index in [0.717, 1.165) is 5.69 Å². The Bertz CT molecular complexity index is 677. The van der Waals surface area contributed by atoms with Gasteiger partial charge < -0.3 is 0 Å². The van der Waals surface area contributed by atoms with E-state index < -0.39 is 0 Å². The lowest BCUT2D eigenvalue weighted by Crippen LogP contribution is -2.33. The smallest absolute Gasteiger partial charge is 0.0705 e. The summed E-state index contributed by atoms with van der Waals surface area (Å²) < 4.78 is 0. The third kappa shape index (κ3) is 1.94. The number of benzene rings is 1. The molecule has 0 saturated carbocycles. The minimum Gasteiger partial charge on any atom is -0.256 e. The lowest BCUT2D eigenvalue weighted by molar-refractivity contribution is 0.190. The van der Waals surface area contributed by atoms with Crippen molar-refractivity contribution in [2.24, 2.45) is 5.41 Å². The van der Waals surface area contributed by atoms with Gasteiger partial charge in [0.25, 0.3) is 0 Å². The Morgan fingerprint density at radius 3 is 2.24 bits per heavy atom. The number of nitrogens with zero attached hydrogens (tertiary/aromatic N) is 1. The number of aryl methyl sites for hydroxylation is 1. The average molecular weight is 279 g/mol. The summed E-state index contributed by atoms with van der Waals surface area (Å²) in [6, 6.07) is 10.9. The molecule has 0 aliphatic heterocycles. The van der Waals surface area contributed by atoms with Gasteiger partial charge >= 0.3 is 0 Å². The van der Waals surface area contributed by atoms with Crippen LogP contribution in [0, 0.1) is 12.3 Å². The molecule has 0 bridgehead atoms. The molecule has 1 nitrogen and oxygen atoms in total. The first-order valence-corrected chi connectivity index (χ1v) is 7.82. The molecule has 0 amide bonds. The van der Waals surface area contributed by atoms with Gasteiger partial charge in [0.1, 0.15) is 0 Å². The van der Waals surface area contributed by atoms with E-state index in [1.165, 1.54) is 22.3 Å². The van der Waals surface area contributed by atoms with Gasteiger partial charge in [-0.15, -0.1) is 0 Å². The summed E-state index contributed by atoms with van der Waals surface area (Å²) in [4.78, 5) is 4.75. The lowest BCUT2D eigenvalue weighted by Gasteiger charge is -2.38. The Balaban J connectivity index is 2.12. The van der Waals surface area contributed by atoms with Gasteiger partial charge in [-0.25, -0.2) is 0 Å². The second-order valence-electron chi connectivity index (χ2n) is 7.59. The van der Waals surface area contributed by atoms with Gasteiger partial charge in [-0.1, -0.05) is 64.4 Å². The van der Waals surface area contributed by atoms with Crippen LogP contribution in [-0.4, -0.2) is 4.98 Å². The summed E-state index contributed by atoms with van der Waals surface area (Å²) in [5.74, 6) is 0.551. The second kappa shape index (κ2) is 4.43. The van der Waals surface area contributed by atoms with Gasteiger partial charge in [-0.05, 0) is 40.9 Å². The topological polar surface area (TPSA) is 12.9 Å². The molecule has 1 atom stereocenters. The Morgan fingerprint density at radius 2 is 1.62 bits per heavy atom. The molecule has 1 aliphatic rings. The molecule has 1 aromatic heterocycles. The zero-order valence-corrected chi connectivity index (χ0v) is 14.0. The molecule has 0 radical (unpaired) electrons. The highest BCUT2D eigenvalue weighted by Crippen LogP contribution is 2.58. The van der Waals surface area contributed by atoms with Gasteiger partial charge in [0, 0.05) is 11.8 Å². The van der Waals surface area contributed by atoms with E-state index in [4.69, 9.17) is 4.98 Å². The SMILES string of the molecule is Cc1ccc(-c2cc3c(cn2)C(C)(C)C(C)(C)C3C)cc1. The quantitative estimate of drug-likeness (QED) is 0.673. The molecule has 1 unspecified atom stereocenters. The van der Waals surface area contributed by atoms with Crippen LogP contribution in [0.1, 0.15) is 57.2 Å². The molecule has 1 aliphatic carbocycles. The van der Waals surface area contributed by atoms with E-state index in [1.54, 1.807) is 0 Å². The van der Waals surface area contributed by atoms with Crippen molar-refractivity contribution in [2.75, 3.05) is 0 Å². The third-order valence-electron chi connectivity index (χ3n) is 6.12. The first-order chi connectivity index (χ1) is 9.75. The number of hydrogen-bond donors (Lipinski definition) is 0. The molecule has 1 heteroatoms. The Morgan fingerprint density at radius 1 is 1.00 bits per heavy atom. The van der Waals surface area contributed by atoms with Crippen LogP contribution < -0.4 is 0 Å². The van der Waals surface area contributed by atoms with Crippen LogP contribution >= 0.6 is 0 Å². The highest BCUT2D eigenvalue weighted by Gasteiger charge is 2.50. The molecule has 21 heavy (non-hydrogen) atoms. The molecule has 1 heterocycles. The van der Waals surface area contributed by atoms with Crippen molar-refractivity contribution in [3.05, 3.63) is 53.2 Å². The first kappa shape index (κ1) is 14.3. The molecular weight excluding hydrogens is 254 g/mol. The van der Waals surface area contributed by atoms with E-state index in [1.807, 2.05) is 0 Å². The zero-order valence-electron chi connectivity index (χ0n) is 14.0. The minimum atomic E-state index is 0.167. The minimum absolute atomic E-state index is 0.167. The second-order valence-corrected chi connectivity index (χ2v) is 7.59. The largest absolute Gasteiger partial charge is 0.256 e. The van der Waals surface area contributed by atoms with Crippen molar-refractivity contribution in [2.45, 2.75) is 52.9 Å². The highest BCUT2D eigenvalue weighted by atomic mass is 14.7. The molecular formula is C20H25N. The van der Waals surface area contributed by atoms with Gasteiger partial charge in [-0.2, -0.15) is 0 Å². The fourth-order valence-electron chi connectivity index (χ4n) is 3.51. The molecule has 3 rings (SSSR count). The van der Waals surface area contributed by atoms with E-state index >= 15 is 0 Å². The number of aromatic nitrogens is 1. The maximum Gasteiger partial charge on any atom is 0.0705 e. The summed E-state index contributed by atoms with van der Waals surface area (Å²) >= 11 is 0. The van der Waals surface area contributed by atoms with Crippen molar-refractivity contribution in [1.82, 2.24) is 4.98 Å². The van der Waals surface area contributed by atoms with Crippen molar-refractivity contribution in [3.8, 4) is 11.3 Å². The van der Waals surface area contributed by atoms with Gasteiger partial charge in [0.2, 0.25) is 0 Å². The van der Waals surface area contributed by atoms with Crippen molar-refractivity contribution in [1.29, 1.82) is 0 Å². The fourth-order valence-corrected chi connectivity index (χ4v) is 3.51. The van der Waals surface area contributed by atoms with Crippen molar-refractivity contribution < 1.29 is 0 Å². The Labute approximate surface area is 128 Å². The number of hydrogen-bond acceptors (Lipinski definition) is 1. The Hall–Kier alpha value is -1.63. The number of pyridine rings is 1. The van der Waals surface area contributed by atoms with Crippen LogP contribution in [0.25, 0.3) is 11.3 Å². The molecule has 0 N–H and O–H groups in total. The predicted molar refractivity (Wildman–Crippen MR) is 89.6 cm³/mol. The van der Waals surface area contributed by atoms with E-state index in [-0.39, 0.29) is 10.8 Å². The van der Waals surface area contributed by atoms with Crippen molar-refractivity contribution >= 4 is 0 Å². The molecule has 0 fully saturated rings. The monoisotopic (exact) mass is 279 g/mol. The molecule has 1 aromatic carbocycles. The average Bonchev–Trinajstić information content (AvgIpc) is 2.58. The van der Waals surface area contributed by atoms with E-state index in [9.17, 15) is 0 Å². The van der Waals surface area contributed by atoms with Gasteiger partial charge in [0.15, 0.2) is 0 Å². The van der Waals surface area contributed by atoms with Crippen molar-refractivity contribution in [3.63, 3.8) is 0 Å². The maximum absolute atomic E-state index is 4.75. The normalized spacial score (nSPS) is 22.1. The summed E-state index contributed by atoms with van der Waals surface area (Å²) in [5, 5.41) is 0. The molecule has 0 saturated heterocycles. The van der Waals surface area contributed by atoms with Crippen LogP contribution in [0.15, 0.2) is 36.5 Å². The highest BCUT2D eigenvalue weighted by molar-refractivity contribution is 5.62. The van der Waals surface area contributed by atoms with Gasteiger partial charge in [-0.3, -0.25) is 4.98 Å². The zero-order chi connectivity index (χ0) is 15.4. The van der Waals surface area contributed by atoms with Crippen LogP contribution in [-0.2, 0) is 5.41 Å². The van der Waals surface area contributed by atoms with E-state index in [2.05, 4.69) is 78.1 Å². The summed E-state index contributed by atoms with van der Waals surface area (Å²) in [7, 11) is 0. The first-order valence-electron chi connectivity index (χ1n) is 7.82. The molecule has 2 aromatic rings. The molecule has 0 spiro atoms. The summed E-state index contributed by atoms with van der Waals surface area (Å²) in [6.07, 6.45) is 2.11. The van der Waals surface area contributed by atoms with Crippen LogP contribution in [0.3, 0.4) is 0 Å². The number of fused-ring (bicyclic) bond motifs is 1. The van der Waals surface area contributed by atoms with E-state index in [0.29, 0.717) is 5.92 Å². The lowest BCUT2D eigenvalue weighted by atomic mass is 9.65. The predicted octanol–water partition coefficient (Wildman–Crippen LogP) is 5.48. The van der Waals surface area contributed by atoms with Crippen LogP contribution in [0.4, 0.5) is 0 Å². The summed E-state index contributed by atoms with van der Waals surface area (Å²) in [6.45, 7) is 13.9. The maximum atomic E-state index is 4.75. The van der Waals surface area contributed by atoms with Gasteiger partial charge in [0.05, 0.1) is 5.69 Å². The standard InChI is InChI=1S/C20H25N/c1-13-7-9-15(10-8-13)18-11-16-14(2)19(3,4)20(5,6)17(16)12-21-18/h7-12,14H,1-6H3. The fraction of sp³-hybridized carbons (Fsp3) is 0.450. The molecule has 110 valence electrons. The summed E-state index contributed by atoms with van der Waals surface area (Å²) in [5.41, 5.74) is 6.89. The van der Waals surface area contributed by atoms with Crippen LogP contribution in [0.5, 0.6) is 0 Å². The third-order valence-corrected chi connectivity index (χ3v) is 6.12.